The number of aliphatic hydroxyl groups is 1. The Kier molecular flexibility index (Phi) is 8.02. The molecule has 1 aromatic rings. The van der Waals surface area contributed by atoms with Gasteiger partial charge in [-0.15, -0.1) is 0 Å². The number of nitrogens with one attached hydrogen (secondary N) is 2. The lowest BCUT2D eigenvalue weighted by molar-refractivity contribution is 0.136. The third-order valence-electron chi connectivity index (χ3n) is 4.56. The van der Waals surface area contributed by atoms with Crippen molar-refractivity contribution in [3.8, 4) is 0 Å². The molecule has 32 heavy (non-hydrogen) atoms. The Morgan fingerprint density at radius 2 is 1.19 bits per heavy atom. The van der Waals surface area contributed by atoms with E-state index in [1.54, 1.807) is 0 Å². The molecule has 3 rings (SSSR count). The third-order valence-corrected chi connectivity index (χ3v) is 4.56. The number of carbonyl (C=O) groups is 2. The lowest BCUT2D eigenvalue weighted by Crippen LogP contribution is -2.55. The molecule has 1 aromatic heterocycles. The largest absolute Gasteiger partial charge is 0.448 e. The Bertz CT molecular complexity index is 919. The fourth-order valence-electron chi connectivity index (χ4n) is 2.68. The summed E-state index contributed by atoms with van der Waals surface area (Å²) < 4.78 is 21.8. The molecule has 2 aliphatic heterocycles. The van der Waals surface area contributed by atoms with E-state index in [1.165, 1.54) is 0 Å². The Morgan fingerprint density at radius 1 is 0.812 bits per heavy atom. The number of amides is 2. The van der Waals surface area contributed by atoms with Crippen LogP contribution in [0.1, 0.15) is 0 Å². The number of rotatable bonds is 12. The summed E-state index contributed by atoms with van der Waals surface area (Å²) in [6, 6.07) is 0. The van der Waals surface area contributed by atoms with Crippen molar-refractivity contribution < 1.29 is 33.6 Å². The van der Waals surface area contributed by atoms with E-state index in [2.05, 4.69) is 10.6 Å². The van der Waals surface area contributed by atoms with Gasteiger partial charge in [-0.25, -0.2) is 37.7 Å². The average Bonchev–Trinajstić information content (AvgIpc) is 3.68. The summed E-state index contributed by atoms with van der Waals surface area (Å²) in [5.41, 5.74) is -2.87. The van der Waals surface area contributed by atoms with Gasteiger partial charge in [0.2, 0.25) is 0 Å². The van der Waals surface area contributed by atoms with Crippen molar-refractivity contribution in [3.63, 3.8) is 0 Å². The lowest BCUT2D eigenvalue weighted by atomic mass is 10.5. The second kappa shape index (κ2) is 10.9. The summed E-state index contributed by atoms with van der Waals surface area (Å²) >= 11 is 0. The molecule has 2 saturated heterocycles. The van der Waals surface area contributed by atoms with Crippen LogP contribution in [0.2, 0.25) is 0 Å². The average molecular weight is 459 g/mol. The maximum Gasteiger partial charge on any atom is 0.407 e. The Labute approximate surface area is 180 Å². The van der Waals surface area contributed by atoms with E-state index in [4.69, 9.17) is 24.1 Å². The van der Waals surface area contributed by atoms with E-state index in [1.807, 2.05) is 0 Å². The predicted octanol–water partition coefficient (Wildman–Crippen LogP) is -3.59. The van der Waals surface area contributed by atoms with Gasteiger partial charge >= 0.3 is 29.3 Å². The first-order valence-corrected chi connectivity index (χ1v) is 10.0. The normalized spacial score (nSPS) is 18.7. The highest BCUT2D eigenvalue weighted by atomic mass is 16.6. The van der Waals surface area contributed by atoms with Crippen molar-refractivity contribution in [3.05, 3.63) is 31.5 Å². The molecule has 0 radical (unpaired) electrons. The second-order valence-corrected chi connectivity index (χ2v) is 6.97. The number of carbonyl (C=O) groups excluding carboxylic acids is 2. The molecule has 15 nitrogen and oxygen atoms in total. The van der Waals surface area contributed by atoms with Crippen LogP contribution in [0.5, 0.6) is 0 Å². The molecule has 0 aromatic carbocycles. The van der Waals surface area contributed by atoms with Gasteiger partial charge in [-0.2, -0.15) is 0 Å². The van der Waals surface area contributed by atoms with Crippen molar-refractivity contribution in [2.45, 2.75) is 31.8 Å². The van der Waals surface area contributed by atoms with Gasteiger partial charge in [0.25, 0.3) is 0 Å². The monoisotopic (exact) mass is 459 g/mol. The minimum Gasteiger partial charge on any atom is -0.448 e. The zero-order chi connectivity index (χ0) is 23.1. The number of aromatic nitrogens is 3. The van der Waals surface area contributed by atoms with Crippen LogP contribution in [0, 0.1) is 0 Å². The first-order chi connectivity index (χ1) is 15.4. The van der Waals surface area contributed by atoms with Crippen molar-refractivity contribution >= 4 is 12.2 Å². The van der Waals surface area contributed by atoms with E-state index in [9.17, 15) is 24.0 Å². The van der Waals surface area contributed by atoms with Crippen molar-refractivity contribution in [1.29, 1.82) is 0 Å². The van der Waals surface area contributed by atoms with Crippen molar-refractivity contribution in [2.75, 3.05) is 46.1 Å². The highest BCUT2D eigenvalue weighted by Gasteiger charge is 2.24. The molecule has 2 atom stereocenters. The number of hydrogen-bond acceptors (Lipinski definition) is 10. The number of aliphatic hydroxyl groups excluding tert-OH is 1. The third kappa shape index (κ3) is 6.66. The van der Waals surface area contributed by atoms with Crippen LogP contribution >= 0.6 is 0 Å². The molecular weight excluding hydrogens is 434 g/mol. The van der Waals surface area contributed by atoms with Crippen LogP contribution in [-0.4, -0.2) is 89.3 Å². The van der Waals surface area contributed by atoms with E-state index in [0.29, 0.717) is 26.9 Å². The van der Waals surface area contributed by atoms with Crippen LogP contribution in [0.4, 0.5) is 9.59 Å². The van der Waals surface area contributed by atoms with Crippen LogP contribution in [-0.2, 0) is 38.6 Å². The van der Waals surface area contributed by atoms with Crippen LogP contribution < -0.4 is 27.7 Å². The SMILES string of the molecule is O=C(NCC1CO1)OCCn1c(=O)n(CCO)c(=O)n(CCOC(=O)NC[C@@H]2CO2)c1=O. The van der Waals surface area contributed by atoms with Crippen molar-refractivity contribution in [2.24, 2.45) is 0 Å². The lowest BCUT2D eigenvalue weighted by Gasteiger charge is -2.14. The molecule has 0 spiro atoms. The molecule has 3 heterocycles. The first kappa shape index (κ1) is 23.5. The quantitative estimate of drug-likeness (QED) is 0.264. The molecule has 3 N–H and O–H groups in total. The highest BCUT2D eigenvalue weighted by molar-refractivity contribution is 5.67. The van der Waals surface area contributed by atoms with Gasteiger partial charge in [0.15, 0.2) is 0 Å². The van der Waals surface area contributed by atoms with Gasteiger partial charge in [-0.3, -0.25) is 0 Å². The minimum atomic E-state index is -0.958. The van der Waals surface area contributed by atoms with Crippen LogP contribution in [0.3, 0.4) is 0 Å². The molecule has 2 amide bonds. The molecule has 178 valence electrons. The number of nitrogens with zero attached hydrogens (tertiary/aromatic N) is 3. The summed E-state index contributed by atoms with van der Waals surface area (Å²) in [5, 5.41) is 14.1. The summed E-state index contributed by atoms with van der Waals surface area (Å²) in [6.45, 7) is -0.440. The fourth-order valence-corrected chi connectivity index (χ4v) is 2.68. The summed E-state index contributed by atoms with van der Waals surface area (Å²) in [6.07, 6.45) is -1.56. The molecule has 1 unspecified atom stereocenters. The number of hydrogen-bond donors (Lipinski definition) is 3. The Morgan fingerprint density at radius 3 is 1.53 bits per heavy atom. The standard InChI is InChI=1S/C17H25N5O10/c23-4-1-20-15(26)21(2-5-29-13(24)18-7-11-9-31-11)17(28)22(16(20)27)3-6-30-14(25)19-8-12-10-32-12/h11-12,23H,1-10H2,(H,18,24)(H,19,25)/t11-,12?/m1/s1. The number of epoxide rings is 2. The van der Waals surface area contributed by atoms with Gasteiger partial charge in [-0.05, 0) is 0 Å². The molecular formula is C17H25N5O10. The molecule has 0 saturated carbocycles. The summed E-state index contributed by atoms with van der Waals surface area (Å²) in [4.78, 5) is 60.9. The molecule has 0 bridgehead atoms. The zero-order valence-electron chi connectivity index (χ0n) is 17.2. The maximum absolute atomic E-state index is 12.7. The Balaban J connectivity index is 1.62. The summed E-state index contributed by atoms with van der Waals surface area (Å²) in [7, 11) is 0. The molecule has 2 aliphatic rings. The smallest absolute Gasteiger partial charge is 0.407 e. The number of ether oxygens (including phenoxy) is 4. The molecule has 2 fully saturated rings. The second-order valence-electron chi connectivity index (χ2n) is 6.97. The number of alkyl carbamates (subject to hydrolysis) is 2. The Hall–Kier alpha value is -3.17. The topological polar surface area (TPSA) is 188 Å². The van der Waals surface area contributed by atoms with E-state index in [-0.39, 0.29) is 58.1 Å². The van der Waals surface area contributed by atoms with Gasteiger partial charge in [0.1, 0.15) is 13.2 Å². The zero-order valence-corrected chi connectivity index (χ0v) is 17.2. The van der Waals surface area contributed by atoms with Gasteiger partial charge in [-0.1, -0.05) is 0 Å². The molecule has 15 heteroatoms. The van der Waals surface area contributed by atoms with E-state index in [0.717, 1.165) is 0 Å². The highest BCUT2D eigenvalue weighted by Crippen LogP contribution is 2.06. The summed E-state index contributed by atoms with van der Waals surface area (Å²) in [5.74, 6) is 0. The van der Waals surface area contributed by atoms with E-state index < -0.39 is 35.9 Å². The first-order valence-electron chi connectivity index (χ1n) is 10.0. The van der Waals surface area contributed by atoms with Crippen LogP contribution in [0.15, 0.2) is 14.4 Å². The minimum absolute atomic E-state index is 0.0363. The van der Waals surface area contributed by atoms with Crippen LogP contribution in [0.25, 0.3) is 0 Å². The van der Waals surface area contributed by atoms with Gasteiger partial charge in [0, 0.05) is 13.1 Å². The predicted molar refractivity (Wildman–Crippen MR) is 104 cm³/mol. The van der Waals surface area contributed by atoms with Gasteiger partial charge < -0.3 is 34.7 Å². The van der Waals surface area contributed by atoms with E-state index >= 15 is 0 Å². The van der Waals surface area contributed by atoms with Crippen molar-refractivity contribution in [1.82, 2.24) is 24.3 Å². The molecule has 0 aliphatic carbocycles. The maximum atomic E-state index is 12.7. The fraction of sp³-hybridized carbons (Fsp3) is 0.706. The van der Waals surface area contributed by atoms with Gasteiger partial charge in [0.05, 0.1) is 51.7 Å².